The summed E-state index contributed by atoms with van der Waals surface area (Å²) in [5.41, 5.74) is 3.24. The normalized spacial score (nSPS) is 11.5. The maximum Gasteiger partial charge on any atom is 0.263 e. The van der Waals surface area contributed by atoms with Gasteiger partial charge in [0.05, 0.1) is 12.5 Å². The number of nitrogens with one attached hydrogen (secondary N) is 1. The molecule has 2 aromatic carbocycles. The number of nitrogens with zero attached hydrogens (tertiary/aromatic N) is 4. The molecule has 0 bridgehead atoms. The Bertz CT molecular complexity index is 1560. The highest BCUT2D eigenvalue weighted by Crippen LogP contribution is 2.28. The average molecular weight is 548 g/mol. The second-order valence-corrected chi connectivity index (χ2v) is 10.7. The number of hydrogen-bond donors (Lipinski definition) is 1. The van der Waals surface area contributed by atoms with Crippen LogP contribution in [0, 0.1) is 0 Å². The summed E-state index contributed by atoms with van der Waals surface area (Å²) >= 11 is 6.48. The first-order valence-electron chi connectivity index (χ1n) is 12.9. The zero-order valence-electron chi connectivity index (χ0n) is 23.2. The number of benzene rings is 2. The highest BCUT2D eigenvalue weighted by atomic mass is 35.5. The number of fused-ring (bicyclic) bond motifs is 1. The van der Waals surface area contributed by atoms with Crippen molar-refractivity contribution in [3.05, 3.63) is 75.7 Å². The lowest BCUT2D eigenvalue weighted by atomic mass is 10.0. The van der Waals surface area contributed by atoms with Gasteiger partial charge in [0, 0.05) is 41.0 Å². The number of rotatable bonds is 9. The van der Waals surface area contributed by atoms with Gasteiger partial charge in [0.15, 0.2) is 5.65 Å². The van der Waals surface area contributed by atoms with Gasteiger partial charge in [-0.15, -0.1) is 0 Å². The van der Waals surface area contributed by atoms with E-state index in [0.717, 1.165) is 23.2 Å². The first kappa shape index (κ1) is 28.3. The predicted octanol–water partition coefficient (Wildman–Crippen LogP) is 5.15. The van der Waals surface area contributed by atoms with Gasteiger partial charge in [0.25, 0.3) is 5.56 Å². The number of halogens is 1. The SMILES string of the molecule is COc1cccc(-c2nc3ncc(-c4cc(Cl)cc(CN(C)C(C)C)c4)cc3c(=O)n2CC(=O)NC(C)C)c1. The third-order valence-electron chi connectivity index (χ3n) is 6.49. The van der Waals surface area contributed by atoms with Gasteiger partial charge in [-0.2, -0.15) is 0 Å². The molecule has 4 rings (SSSR count). The summed E-state index contributed by atoms with van der Waals surface area (Å²) in [6, 6.07) is 15.2. The number of carbonyl (C=O) groups is 1. The molecule has 0 aliphatic carbocycles. The molecule has 0 aliphatic heterocycles. The van der Waals surface area contributed by atoms with Crippen molar-refractivity contribution in [2.45, 2.75) is 52.9 Å². The Morgan fingerprint density at radius 1 is 1.08 bits per heavy atom. The molecule has 204 valence electrons. The van der Waals surface area contributed by atoms with Gasteiger partial charge in [-0.25, -0.2) is 9.97 Å². The summed E-state index contributed by atoms with van der Waals surface area (Å²) in [7, 11) is 3.63. The van der Waals surface area contributed by atoms with Crippen molar-refractivity contribution >= 4 is 28.5 Å². The Morgan fingerprint density at radius 2 is 1.85 bits per heavy atom. The zero-order valence-corrected chi connectivity index (χ0v) is 23.9. The molecule has 0 spiro atoms. The van der Waals surface area contributed by atoms with Gasteiger partial charge in [0.1, 0.15) is 18.1 Å². The quantitative estimate of drug-likeness (QED) is 0.312. The van der Waals surface area contributed by atoms with Gasteiger partial charge >= 0.3 is 0 Å². The number of pyridine rings is 1. The molecular weight excluding hydrogens is 514 g/mol. The van der Waals surface area contributed by atoms with Crippen molar-refractivity contribution in [2.75, 3.05) is 14.2 Å². The maximum absolute atomic E-state index is 13.9. The molecule has 0 saturated heterocycles. The van der Waals surface area contributed by atoms with Crippen LogP contribution in [-0.2, 0) is 17.9 Å². The van der Waals surface area contributed by atoms with Gasteiger partial charge < -0.3 is 10.1 Å². The van der Waals surface area contributed by atoms with E-state index in [-0.39, 0.29) is 24.1 Å². The summed E-state index contributed by atoms with van der Waals surface area (Å²) in [5, 5.41) is 3.78. The van der Waals surface area contributed by atoms with Gasteiger partial charge in [0.2, 0.25) is 5.91 Å². The predicted molar refractivity (Wildman–Crippen MR) is 156 cm³/mol. The molecule has 0 saturated carbocycles. The van der Waals surface area contributed by atoms with Crippen LogP contribution in [0.25, 0.3) is 33.5 Å². The van der Waals surface area contributed by atoms with Crippen molar-refractivity contribution in [2.24, 2.45) is 0 Å². The van der Waals surface area contributed by atoms with Crippen LogP contribution in [0.15, 0.2) is 59.5 Å². The first-order chi connectivity index (χ1) is 18.5. The van der Waals surface area contributed by atoms with Crippen LogP contribution < -0.4 is 15.6 Å². The van der Waals surface area contributed by atoms with E-state index in [4.69, 9.17) is 21.3 Å². The van der Waals surface area contributed by atoms with Crippen LogP contribution in [0.4, 0.5) is 0 Å². The number of methoxy groups -OCH3 is 1. The van der Waals surface area contributed by atoms with Crippen LogP contribution in [0.1, 0.15) is 33.3 Å². The molecule has 2 aromatic heterocycles. The fourth-order valence-corrected chi connectivity index (χ4v) is 4.54. The highest BCUT2D eigenvalue weighted by molar-refractivity contribution is 6.31. The van der Waals surface area contributed by atoms with E-state index in [2.05, 4.69) is 42.2 Å². The fraction of sp³-hybridized carbons (Fsp3) is 0.333. The van der Waals surface area contributed by atoms with E-state index in [1.54, 1.807) is 31.5 Å². The van der Waals surface area contributed by atoms with Crippen molar-refractivity contribution in [3.63, 3.8) is 0 Å². The molecule has 0 radical (unpaired) electrons. The molecule has 1 N–H and O–H groups in total. The number of amides is 1. The third kappa shape index (κ3) is 6.64. The van der Waals surface area contributed by atoms with Crippen molar-refractivity contribution in [3.8, 4) is 28.3 Å². The monoisotopic (exact) mass is 547 g/mol. The van der Waals surface area contributed by atoms with Crippen molar-refractivity contribution in [1.29, 1.82) is 0 Å². The minimum absolute atomic E-state index is 0.0677. The van der Waals surface area contributed by atoms with Crippen LogP contribution in [0.3, 0.4) is 0 Å². The largest absolute Gasteiger partial charge is 0.497 e. The van der Waals surface area contributed by atoms with Crippen LogP contribution in [0.2, 0.25) is 5.02 Å². The minimum Gasteiger partial charge on any atom is -0.497 e. The lowest BCUT2D eigenvalue weighted by Gasteiger charge is -2.21. The zero-order chi connectivity index (χ0) is 28.3. The number of aromatic nitrogens is 3. The lowest BCUT2D eigenvalue weighted by Crippen LogP contribution is -2.37. The van der Waals surface area contributed by atoms with Gasteiger partial charge in [-0.1, -0.05) is 23.7 Å². The molecule has 4 aromatic rings. The summed E-state index contributed by atoms with van der Waals surface area (Å²) in [6.07, 6.45) is 1.70. The van der Waals surface area contributed by atoms with E-state index in [1.807, 2.05) is 38.1 Å². The number of ether oxygens (including phenoxy) is 1. The van der Waals surface area contributed by atoms with E-state index in [0.29, 0.717) is 39.2 Å². The molecule has 0 unspecified atom stereocenters. The molecule has 0 atom stereocenters. The topological polar surface area (TPSA) is 89.4 Å². The second-order valence-electron chi connectivity index (χ2n) is 10.2. The Labute approximate surface area is 233 Å². The average Bonchev–Trinajstić information content (AvgIpc) is 2.89. The summed E-state index contributed by atoms with van der Waals surface area (Å²) < 4.78 is 6.75. The molecule has 0 fully saturated rings. The van der Waals surface area contributed by atoms with Gasteiger partial charge in [-0.3, -0.25) is 19.1 Å². The maximum atomic E-state index is 13.9. The lowest BCUT2D eigenvalue weighted by molar-refractivity contribution is -0.122. The Morgan fingerprint density at radius 3 is 2.54 bits per heavy atom. The molecule has 39 heavy (non-hydrogen) atoms. The molecular formula is C30H34ClN5O3. The standard InChI is InChI=1S/C30H34ClN5O3/c1-18(2)33-27(37)17-36-29(21-8-7-9-25(13-21)39-6)34-28-26(30(36)38)14-23(15-32-28)22-10-20(11-24(31)12-22)16-35(5)19(3)4/h7-15,18-19H,16-17H2,1-6H3,(H,33,37). The Hall–Kier alpha value is -3.75. The summed E-state index contributed by atoms with van der Waals surface area (Å²) in [5.74, 6) is 0.672. The molecule has 0 aliphatic rings. The first-order valence-corrected chi connectivity index (χ1v) is 13.3. The highest BCUT2D eigenvalue weighted by Gasteiger charge is 2.18. The molecule has 9 heteroatoms. The molecule has 1 amide bonds. The van der Waals surface area contributed by atoms with E-state index in [1.165, 1.54) is 4.57 Å². The van der Waals surface area contributed by atoms with E-state index < -0.39 is 0 Å². The summed E-state index contributed by atoms with van der Waals surface area (Å²) in [4.78, 5) is 38.1. The number of carbonyl (C=O) groups excluding carboxylic acids is 1. The Kier molecular flexibility index (Phi) is 8.67. The molecule has 2 heterocycles. The fourth-order valence-electron chi connectivity index (χ4n) is 4.28. The van der Waals surface area contributed by atoms with Crippen LogP contribution >= 0.6 is 11.6 Å². The van der Waals surface area contributed by atoms with Crippen LogP contribution in [-0.4, -0.2) is 51.6 Å². The second kappa shape index (κ2) is 12.0. The smallest absolute Gasteiger partial charge is 0.263 e. The van der Waals surface area contributed by atoms with E-state index >= 15 is 0 Å². The van der Waals surface area contributed by atoms with Crippen molar-refractivity contribution < 1.29 is 9.53 Å². The Balaban J connectivity index is 1.86. The minimum atomic E-state index is -0.354. The van der Waals surface area contributed by atoms with Crippen LogP contribution in [0.5, 0.6) is 5.75 Å². The number of hydrogen-bond acceptors (Lipinski definition) is 6. The third-order valence-corrected chi connectivity index (χ3v) is 6.71. The van der Waals surface area contributed by atoms with E-state index in [9.17, 15) is 9.59 Å². The molecule has 8 nitrogen and oxygen atoms in total. The van der Waals surface area contributed by atoms with Crippen molar-refractivity contribution in [1.82, 2.24) is 24.8 Å². The summed E-state index contributed by atoms with van der Waals surface area (Å²) in [6.45, 7) is 8.57. The van der Waals surface area contributed by atoms with Gasteiger partial charge in [-0.05, 0) is 82.3 Å².